The van der Waals surface area contributed by atoms with Crippen molar-refractivity contribution in [2.45, 2.75) is 37.5 Å². The Kier molecular flexibility index (Phi) is 3.96. The lowest BCUT2D eigenvalue weighted by molar-refractivity contribution is -0.135. The molecule has 2 aliphatic carbocycles. The first-order chi connectivity index (χ1) is 13.3. The van der Waals surface area contributed by atoms with Crippen molar-refractivity contribution in [2.24, 2.45) is 5.41 Å². The summed E-state index contributed by atoms with van der Waals surface area (Å²) in [7, 11) is 0. The number of hydrogen-bond acceptors (Lipinski definition) is 3. The Balaban J connectivity index is 1.36. The van der Waals surface area contributed by atoms with Gasteiger partial charge in [-0.1, -0.05) is 43.2 Å². The van der Waals surface area contributed by atoms with E-state index in [0.29, 0.717) is 5.91 Å². The summed E-state index contributed by atoms with van der Waals surface area (Å²) in [6.07, 6.45) is 9.74. The second-order valence-electron chi connectivity index (χ2n) is 8.43. The molecule has 4 heteroatoms. The van der Waals surface area contributed by atoms with Crippen LogP contribution in [0.3, 0.4) is 0 Å². The molecule has 3 fully saturated rings. The van der Waals surface area contributed by atoms with Gasteiger partial charge in [0.25, 0.3) is 0 Å². The van der Waals surface area contributed by atoms with Crippen molar-refractivity contribution in [3.8, 4) is 0 Å². The van der Waals surface area contributed by atoms with Crippen LogP contribution in [0.4, 0.5) is 5.69 Å². The standard InChI is InChI=1S/C23H27N3O/c27-21(26-15-13-25(14-16-26)20-9-6-12-24-17-20)23(19-7-2-1-3-8-19)18-22(23)10-4-5-11-22/h1-3,6-9,12,17H,4-5,10-11,13-16,18H2/t23-/m1/s1. The predicted molar refractivity (Wildman–Crippen MR) is 107 cm³/mol. The zero-order chi connectivity index (χ0) is 18.3. The van der Waals surface area contributed by atoms with Crippen LogP contribution < -0.4 is 4.90 Å². The van der Waals surface area contributed by atoms with Crippen molar-refractivity contribution in [3.63, 3.8) is 0 Å². The fourth-order valence-corrected chi connectivity index (χ4v) is 5.65. The van der Waals surface area contributed by atoms with Gasteiger partial charge >= 0.3 is 0 Å². The maximum Gasteiger partial charge on any atom is 0.233 e. The van der Waals surface area contributed by atoms with Crippen LogP contribution in [0.5, 0.6) is 0 Å². The van der Waals surface area contributed by atoms with Gasteiger partial charge in [-0.3, -0.25) is 9.78 Å². The third-order valence-corrected chi connectivity index (χ3v) is 7.15. The first kappa shape index (κ1) is 16.8. The molecule has 0 bridgehead atoms. The van der Waals surface area contributed by atoms with Crippen LogP contribution in [0.25, 0.3) is 0 Å². The lowest BCUT2D eigenvalue weighted by Crippen LogP contribution is -2.52. The fraction of sp³-hybridized carbons (Fsp3) is 0.478. The highest BCUT2D eigenvalue weighted by molar-refractivity contribution is 5.93. The Labute approximate surface area is 161 Å². The van der Waals surface area contributed by atoms with E-state index in [1.807, 2.05) is 12.3 Å². The van der Waals surface area contributed by atoms with Gasteiger partial charge in [-0.15, -0.1) is 0 Å². The summed E-state index contributed by atoms with van der Waals surface area (Å²) < 4.78 is 0. The molecule has 1 atom stereocenters. The zero-order valence-corrected chi connectivity index (χ0v) is 15.8. The molecule has 4 nitrogen and oxygen atoms in total. The molecular formula is C23H27N3O. The van der Waals surface area contributed by atoms with Gasteiger partial charge in [-0.05, 0) is 42.4 Å². The molecule has 1 saturated heterocycles. The third-order valence-electron chi connectivity index (χ3n) is 7.15. The minimum Gasteiger partial charge on any atom is -0.367 e. The van der Waals surface area contributed by atoms with Crippen LogP contribution in [-0.4, -0.2) is 42.0 Å². The summed E-state index contributed by atoms with van der Waals surface area (Å²) in [6, 6.07) is 14.7. The Morgan fingerprint density at radius 2 is 1.67 bits per heavy atom. The fourth-order valence-electron chi connectivity index (χ4n) is 5.65. The van der Waals surface area contributed by atoms with E-state index in [1.165, 1.54) is 31.2 Å². The minimum atomic E-state index is -0.263. The number of aromatic nitrogens is 1. The van der Waals surface area contributed by atoms with Gasteiger partial charge in [0.2, 0.25) is 5.91 Å². The number of piperazine rings is 1. The third kappa shape index (κ3) is 2.57. The van der Waals surface area contributed by atoms with Crippen molar-refractivity contribution in [1.82, 2.24) is 9.88 Å². The van der Waals surface area contributed by atoms with E-state index in [1.54, 1.807) is 6.20 Å². The SMILES string of the molecule is O=C(N1CCN(c2cccnc2)CC1)[C@]1(c2ccccc2)CC12CCCC2. The largest absolute Gasteiger partial charge is 0.367 e. The highest BCUT2D eigenvalue weighted by atomic mass is 16.2. The quantitative estimate of drug-likeness (QED) is 0.838. The summed E-state index contributed by atoms with van der Waals surface area (Å²) in [6.45, 7) is 3.38. The van der Waals surface area contributed by atoms with Crippen molar-refractivity contribution in [1.29, 1.82) is 0 Å². The number of benzene rings is 1. The molecule has 1 aromatic heterocycles. The number of carbonyl (C=O) groups is 1. The Bertz CT molecular complexity index is 808. The Hall–Kier alpha value is -2.36. The highest BCUT2D eigenvalue weighted by Crippen LogP contribution is 2.72. The molecule has 1 aliphatic heterocycles. The smallest absolute Gasteiger partial charge is 0.233 e. The average molecular weight is 361 g/mol. The van der Waals surface area contributed by atoms with Crippen LogP contribution in [0.15, 0.2) is 54.9 Å². The summed E-state index contributed by atoms with van der Waals surface area (Å²) in [5, 5.41) is 0. The summed E-state index contributed by atoms with van der Waals surface area (Å²) in [4.78, 5) is 22.5. The van der Waals surface area contributed by atoms with Crippen molar-refractivity contribution in [3.05, 3.63) is 60.4 Å². The first-order valence-electron chi connectivity index (χ1n) is 10.3. The molecular weight excluding hydrogens is 334 g/mol. The molecule has 1 amide bonds. The molecule has 0 N–H and O–H groups in total. The molecule has 0 unspecified atom stereocenters. The van der Waals surface area contributed by atoms with Crippen LogP contribution in [0, 0.1) is 5.41 Å². The van der Waals surface area contributed by atoms with E-state index in [-0.39, 0.29) is 10.8 Å². The van der Waals surface area contributed by atoms with Gasteiger partial charge in [-0.2, -0.15) is 0 Å². The molecule has 2 saturated carbocycles. The number of anilines is 1. The van der Waals surface area contributed by atoms with Gasteiger partial charge in [0.05, 0.1) is 17.3 Å². The zero-order valence-electron chi connectivity index (χ0n) is 15.8. The van der Waals surface area contributed by atoms with Crippen molar-refractivity contribution in [2.75, 3.05) is 31.1 Å². The Morgan fingerprint density at radius 3 is 2.33 bits per heavy atom. The lowest BCUT2D eigenvalue weighted by atomic mass is 9.83. The normalized spacial score (nSPS) is 26.4. The summed E-state index contributed by atoms with van der Waals surface area (Å²) in [5.41, 5.74) is 2.36. The molecule has 0 radical (unpaired) electrons. The van der Waals surface area contributed by atoms with Gasteiger partial charge in [-0.25, -0.2) is 0 Å². The number of hydrogen-bond donors (Lipinski definition) is 0. The number of pyridine rings is 1. The second-order valence-corrected chi connectivity index (χ2v) is 8.43. The van der Waals surface area contributed by atoms with Gasteiger partial charge in [0.15, 0.2) is 0 Å². The maximum absolute atomic E-state index is 13.8. The van der Waals surface area contributed by atoms with Gasteiger partial charge < -0.3 is 9.80 Å². The second kappa shape index (κ2) is 6.36. The van der Waals surface area contributed by atoms with Crippen molar-refractivity contribution >= 4 is 11.6 Å². The predicted octanol–water partition coefficient (Wildman–Crippen LogP) is 3.63. The molecule has 1 spiro atoms. The van der Waals surface area contributed by atoms with Crippen LogP contribution in [0.2, 0.25) is 0 Å². The minimum absolute atomic E-state index is 0.228. The highest BCUT2D eigenvalue weighted by Gasteiger charge is 2.73. The molecule has 5 rings (SSSR count). The number of nitrogens with zero attached hydrogens (tertiary/aromatic N) is 3. The molecule has 140 valence electrons. The molecule has 2 heterocycles. The van der Waals surface area contributed by atoms with Crippen LogP contribution in [-0.2, 0) is 10.2 Å². The van der Waals surface area contributed by atoms with E-state index >= 15 is 0 Å². The van der Waals surface area contributed by atoms with E-state index < -0.39 is 0 Å². The molecule has 2 aromatic rings. The van der Waals surface area contributed by atoms with Crippen molar-refractivity contribution < 1.29 is 4.79 Å². The van der Waals surface area contributed by atoms with E-state index in [2.05, 4.69) is 51.2 Å². The molecule has 1 aromatic carbocycles. The topological polar surface area (TPSA) is 36.4 Å². The Morgan fingerprint density at radius 1 is 0.926 bits per heavy atom. The first-order valence-corrected chi connectivity index (χ1v) is 10.3. The van der Waals surface area contributed by atoms with Gasteiger partial charge in [0.1, 0.15) is 0 Å². The lowest BCUT2D eigenvalue weighted by Gasteiger charge is -2.38. The van der Waals surface area contributed by atoms with E-state index in [4.69, 9.17) is 0 Å². The maximum atomic E-state index is 13.8. The summed E-state index contributed by atoms with van der Waals surface area (Å²) >= 11 is 0. The number of rotatable bonds is 3. The van der Waals surface area contributed by atoms with Crippen LogP contribution >= 0.6 is 0 Å². The van der Waals surface area contributed by atoms with E-state index in [0.717, 1.165) is 38.3 Å². The average Bonchev–Trinajstić information content (AvgIpc) is 3.15. The van der Waals surface area contributed by atoms with Gasteiger partial charge in [0, 0.05) is 32.4 Å². The number of carbonyl (C=O) groups excluding carboxylic acids is 1. The summed E-state index contributed by atoms with van der Waals surface area (Å²) in [5.74, 6) is 0.376. The molecule has 3 aliphatic rings. The molecule has 27 heavy (non-hydrogen) atoms. The van der Waals surface area contributed by atoms with Crippen LogP contribution in [0.1, 0.15) is 37.7 Å². The monoisotopic (exact) mass is 361 g/mol. The number of amides is 1. The van der Waals surface area contributed by atoms with E-state index in [9.17, 15) is 4.79 Å².